The SMILES string of the molecule is BrB1c2cc(Oc3ccccc3)ccc2Oc2ccc(Oc3ccccc3)cc21. The van der Waals surface area contributed by atoms with Gasteiger partial charge in [0.2, 0.25) is 0 Å². The van der Waals surface area contributed by atoms with Gasteiger partial charge in [-0.25, -0.2) is 0 Å². The third kappa shape index (κ3) is 3.74. The second kappa shape index (κ2) is 7.68. The second-order valence-corrected chi connectivity index (χ2v) is 7.61. The molecule has 4 aromatic carbocycles. The van der Waals surface area contributed by atoms with Gasteiger partial charge in [-0.3, -0.25) is 0 Å². The van der Waals surface area contributed by atoms with Crippen molar-refractivity contribution in [2.45, 2.75) is 0 Å². The zero-order valence-corrected chi connectivity index (χ0v) is 17.0. The van der Waals surface area contributed by atoms with E-state index in [2.05, 4.69) is 15.8 Å². The summed E-state index contributed by atoms with van der Waals surface area (Å²) in [6.45, 7) is 0. The summed E-state index contributed by atoms with van der Waals surface area (Å²) >= 11 is 3.83. The molecule has 1 aliphatic rings. The van der Waals surface area contributed by atoms with Gasteiger partial charge >= 0.3 is 0 Å². The lowest BCUT2D eigenvalue weighted by molar-refractivity contribution is 0.467. The Morgan fingerprint density at radius 1 is 0.552 bits per heavy atom. The summed E-state index contributed by atoms with van der Waals surface area (Å²) in [5.74, 6) is 4.77. The monoisotopic (exact) mass is 442 g/mol. The van der Waals surface area contributed by atoms with Gasteiger partial charge in [-0.1, -0.05) is 36.4 Å². The highest BCUT2D eigenvalue weighted by molar-refractivity contribution is 9.25. The van der Waals surface area contributed by atoms with Crippen LogP contribution in [0.4, 0.5) is 0 Å². The van der Waals surface area contributed by atoms with Crippen molar-refractivity contribution < 1.29 is 14.2 Å². The average molecular weight is 443 g/mol. The molecule has 4 aromatic rings. The van der Waals surface area contributed by atoms with Gasteiger partial charge in [0.25, 0.3) is 5.54 Å². The van der Waals surface area contributed by atoms with Gasteiger partial charge in [0, 0.05) is 0 Å². The van der Waals surface area contributed by atoms with E-state index in [9.17, 15) is 0 Å². The van der Waals surface area contributed by atoms with Gasteiger partial charge in [0.1, 0.15) is 34.5 Å². The van der Waals surface area contributed by atoms with Crippen molar-refractivity contribution in [3.05, 3.63) is 97.1 Å². The lowest BCUT2D eigenvalue weighted by atomic mass is 9.61. The Morgan fingerprint density at radius 2 is 1.00 bits per heavy atom. The van der Waals surface area contributed by atoms with Crippen molar-refractivity contribution in [1.29, 1.82) is 0 Å². The van der Waals surface area contributed by atoms with Crippen LogP contribution in [0.3, 0.4) is 0 Å². The first-order valence-electron chi connectivity index (χ1n) is 9.32. The first-order chi connectivity index (χ1) is 14.3. The zero-order chi connectivity index (χ0) is 19.6. The van der Waals surface area contributed by atoms with Gasteiger partial charge in [-0.05, 0) is 71.6 Å². The van der Waals surface area contributed by atoms with Gasteiger partial charge in [0.05, 0.1) is 0 Å². The Bertz CT molecular complexity index is 1060. The van der Waals surface area contributed by atoms with Crippen molar-refractivity contribution in [2.75, 3.05) is 0 Å². The Balaban J connectivity index is 1.44. The van der Waals surface area contributed by atoms with Crippen LogP contribution >= 0.6 is 15.8 Å². The fourth-order valence-corrected chi connectivity index (χ4v) is 4.01. The molecule has 0 fully saturated rings. The van der Waals surface area contributed by atoms with E-state index in [0.717, 1.165) is 45.4 Å². The highest BCUT2D eigenvalue weighted by atomic mass is 79.9. The summed E-state index contributed by atoms with van der Waals surface area (Å²) in [7, 11) is 0. The summed E-state index contributed by atoms with van der Waals surface area (Å²) in [5.41, 5.74) is 2.01. The largest absolute Gasteiger partial charge is 0.458 e. The maximum Gasteiger partial charge on any atom is 0.295 e. The van der Waals surface area contributed by atoms with Crippen LogP contribution in [0.5, 0.6) is 34.5 Å². The Morgan fingerprint density at radius 3 is 1.45 bits per heavy atom. The van der Waals surface area contributed by atoms with Crippen molar-refractivity contribution in [1.82, 2.24) is 0 Å². The average Bonchev–Trinajstić information content (AvgIpc) is 2.76. The number of para-hydroxylation sites is 2. The molecule has 0 amide bonds. The summed E-state index contributed by atoms with van der Waals surface area (Å²) in [4.78, 5) is 0. The molecule has 0 unspecified atom stereocenters. The molecule has 140 valence electrons. The highest BCUT2D eigenvalue weighted by Crippen LogP contribution is 2.32. The molecule has 1 aliphatic heterocycles. The topological polar surface area (TPSA) is 27.7 Å². The van der Waals surface area contributed by atoms with Crippen LogP contribution in [0, 0.1) is 0 Å². The summed E-state index contributed by atoms with van der Waals surface area (Å²) in [6, 6.07) is 31.2. The number of halogens is 1. The summed E-state index contributed by atoms with van der Waals surface area (Å²) in [6.07, 6.45) is 0. The predicted octanol–water partition coefficient (Wildman–Crippen LogP) is 5.88. The molecule has 0 saturated carbocycles. The molecule has 0 bridgehead atoms. The van der Waals surface area contributed by atoms with Crippen LogP contribution in [-0.2, 0) is 0 Å². The zero-order valence-electron chi connectivity index (χ0n) is 15.4. The van der Waals surface area contributed by atoms with Crippen LogP contribution in [-0.4, -0.2) is 5.54 Å². The third-order valence-electron chi connectivity index (χ3n) is 4.69. The first-order valence-corrected chi connectivity index (χ1v) is 10.2. The third-order valence-corrected chi connectivity index (χ3v) is 5.67. The van der Waals surface area contributed by atoms with Crippen molar-refractivity contribution in [3.8, 4) is 34.5 Å². The maximum atomic E-state index is 6.12. The van der Waals surface area contributed by atoms with Gasteiger partial charge in [-0.2, -0.15) is 0 Å². The van der Waals surface area contributed by atoms with Crippen LogP contribution in [0.1, 0.15) is 0 Å². The normalized spacial score (nSPS) is 11.8. The Hall–Kier alpha value is -3.18. The Labute approximate surface area is 177 Å². The van der Waals surface area contributed by atoms with Crippen LogP contribution < -0.4 is 25.1 Å². The van der Waals surface area contributed by atoms with E-state index < -0.39 is 0 Å². The first kappa shape index (κ1) is 17.9. The molecule has 0 N–H and O–H groups in total. The van der Waals surface area contributed by atoms with Crippen LogP contribution in [0.25, 0.3) is 0 Å². The molecule has 29 heavy (non-hydrogen) atoms. The van der Waals surface area contributed by atoms with E-state index in [-0.39, 0.29) is 5.54 Å². The predicted molar refractivity (Wildman–Crippen MR) is 120 cm³/mol. The maximum absolute atomic E-state index is 6.12. The number of fused-ring (bicyclic) bond motifs is 2. The molecule has 0 saturated heterocycles. The fraction of sp³-hybridized carbons (Fsp3) is 0. The molecule has 0 atom stereocenters. The molecular weight excluding hydrogens is 427 g/mol. The van der Waals surface area contributed by atoms with E-state index in [1.165, 1.54) is 0 Å². The van der Waals surface area contributed by atoms with Crippen LogP contribution in [0.2, 0.25) is 0 Å². The lowest BCUT2D eigenvalue weighted by Crippen LogP contribution is -2.41. The minimum Gasteiger partial charge on any atom is -0.458 e. The van der Waals surface area contributed by atoms with E-state index in [1.807, 2.05) is 97.1 Å². The van der Waals surface area contributed by atoms with Crippen molar-refractivity contribution in [2.24, 2.45) is 0 Å². The van der Waals surface area contributed by atoms with Crippen LogP contribution in [0.15, 0.2) is 97.1 Å². The van der Waals surface area contributed by atoms with E-state index >= 15 is 0 Å². The number of hydrogen-bond acceptors (Lipinski definition) is 3. The van der Waals surface area contributed by atoms with Gasteiger partial charge < -0.3 is 14.2 Å². The molecular formula is C24H16BBrO3. The molecule has 0 spiro atoms. The minimum atomic E-state index is -0.0279. The van der Waals surface area contributed by atoms with E-state index in [0.29, 0.717) is 0 Å². The van der Waals surface area contributed by atoms with Gasteiger partial charge in [0.15, 0.2) is 0 Å². The van der Waals surface area contributed by atoms with E-state index in [4.69, 9.17) is 14.2 Å². The van der Waals surface area contributed by atoms with Crippen molar-refractivity contribution in [3.63, 3.8) is 0 Å². The Kier molecular flexibility index (Phi) is 4.74. The fourth-order valence-electron chi connectivity index (χ4n) is 3.30. The number of rotatable bonds is 4. The number of benzene rings is 4. The molecule has 5 rings (SSSR count). The summed E-state index contributed by atoms with van der Waals surface area (Å²) in [5, 5.41) is 0. The second-order valence-electron chi connectivity index (χ2n) is 6.69. The smallest absolute Gasteiger partial charge is 0.295 e. The number of ether oxygens (including phenoxy) is 3. The standard InChI is InChI=1S/C24H16BBrO3/c26-25-21-15-19(27-17-7-3-1-4-8-17)11-13-23(21)29-24-14-12-20(16-22(24)25)28-18-9-5-2-6-10-18/h1-16H. The summed E-state index contributed by atoms with van der Waals surface area (Å²) < 4.78 is 18.1. The minimum absolute atomic E-state index is 0.0279. The van der Waals surface area contributed by atoms with Gasteiger partial charge in [-0.15, -0.1) is 15.8 Å². The molecule has 0 aromatic heterocycles. The molecule has 1 heterocycles. The molecule has 3 nitrogen and oxygen atoms in total. The highest BCUT2D eigenvalue weighted by Gasteiger charge is 2.30. The van der Waals surface area contributed by atoms with Crippen molar-refractivity contribution >= 4 is 32.2 Å². The van der Waals surface area contributed by atoms with E-state index in [1.54, 1.807) is 0 Å². The number of hydrogen-bond donors (Lipinski definition) is 0. The lowest BCUT2D eigenvalue weighted by Gasteiger charge is -2.24. The molecule has 5 heteroatoms. The quantitative estimate of drug-likeness (QED) is 0.369. The molecule has 0 aliphatic carbocycles. The molecule has 0 radical (unpaired) electrons.